The van der Waals surface area contributed by atoms with E-state index in [-0.39, 0.29) is 18.5 Å². The maximum atomic E-state index is 13.4. The first-order chi connectivity index (χ1) is 14.9. The minimum Gasteiger partial charge on any atom is -0.352 e. The van der Waals surface area contributed by atoms with E-state index in [0.29, 0.717) is 5.69 Å². The van der Waals surface area contributed by atoms with Crippen molar-refractivity contribution < 1.29 is 18.0 Å². The first kappa shape index (κ1) is 25.9. The first-order valence-electron chi connectivity index (χ1n) is 10.3. The lowest BCUT2D eigenvalue weighted by Crippen LogP contribution is -2.52. The van der Waals surface area contributed by atoms with E-state index in [4.69, 9.17) is 0 Å². The Hall–Kier alpha value is -2.39. The van der Waals surface area contributed by atoms with Gasteiger partial charge in [-0.15, -0.1) is 0 Å². The zero-order valence-corrected chi connectivity index (χ0v) is 21.4. The summed E-state index contributed by atoms with van der Waals surface area (Å²) in [7, 11) is -3.73. The molecule has 2 rings (SSSR count). The second kappa shape index (κ2) is 11.0. The first-order valence-corrected chi connectivity index (χ1v) is 12.9. The molecule has 0 fully saturated rings. The maximum Gasteiger partial charge on any atom is 0.244 e. The van der Waals surface area contributed by atoms with Crippen LogP contribution in [0.3, 0.4) is 0 Å². The van der Waals surface area contributed by atoms with E-state index in [2.05, 4.69) is 21.2 Å². The summed E-state index contributed by atoms with van der Waals surface area (Å²) in [6.07, 6.45) is 1.07. The van der Waals surface area contributed by atoms with Gasteiger partial charge in [-0.3, -0.25) is 13.9 Å². The van der Waals surface area contributed by atoms with Crippen molar-refractivity contribution in [2.75, 3.05) is 17.1 Å². The van der Waals surface area contributed by atoms with Gasteiger partial charge in [-0.2, -0.15) is 0 Å². The molecule has 1 atom stereocenters. The zero-order valence-electron chi connectivity index (χ0n) is 19.0. The fourth-order valence-corrected chi connectivity index (χ4v) is 4.50. The second-order valence-corrected chi connectivity index (χ2v) is 10.9. The molecule has 0 unspecified atom stereocenters. The van der Waals surface area contributed by atoms with Gasteiger partial charge in [0.2, 0.25) is 21.8 Å². The molecule has 174 valence electrons. The highest BCUT2D eigenvalue weighted by Gasteiger charge is 2.30. The predicted octanol–water partition coefficient (Wildman–Crippen LogP) is 3.47. The van der Waals surface area contributed by atoms with E-state index in [1.807, 2.05) is 51.1 Å². The number of nitrogens with zero attached hydrogens (tertiary/aromatic N) is 2. The Bertz CT molecular complexity index is 1070. The van der Waals surface area contributed by atoms with E-state index in [9.17, 15) is 18.0 Å². The molecule has 2 amide bonds. The van der Waals surface area contributed by atoms with Gasteiger partial charge in [0.1, 0.15) is 12.6 Å². The molecule has 0 spiro atoms. The van der Waals surface area contributed by atoms with Gasteiger partial charge in [-0.1, -0.05) is 40.2 Å². The third-order valence-corrected chi connectivity index (χ3v) is 6.44. The monoisotopic (exact) mass is 523 g/mol. The van der Waals surface area contributed by atoms with Gasteiger partial charge in [0.15, 0.2) is 0 Å². The van der Waals surface area contributed by atoms with Crippen LogP contribution >= 0.6 is 15.9 Å². The highest BCUT2D eigenvalue weighted by atomic mass is 79.9. The minimum absolute atomic E-state index is 0.0902. The molecule has 0 aromatic heterocycles. The Morgan fingerprint density at radius 2 is 1.72 bits per heavy atom. The van der Waals surface area contributed by atoms with Crippen molar-refractivity contribution in [3.05, 3.63) is 64.1 Å². The smallest absolute Gasteiger partial charge is 0.244 e. The quantitative estimate of drug-likeness (QED) is 0.545. The van der Waals surface area contributed by atoms with Crippen LogP contribution in [0.1, 0.15) is 31.9 Å². The molecule has 2 aromatic carbocycles. The molecule has 0 aliphatic rings. The number of benzene rings is 2. The second-order valence-electron chi connectivity index (χ2n) is 8.10. The van der Waals surface area contributed by atoms with Crippen LogP contribution in [0.2, 0.25) is 0 Å². The molecule has 32 heavy (non-hydrogen) atoms. The van der Waals surface area contributed by atoms with E-state index in [1.165, 1.54) is 4.90 Å². The molecule has 2 aromatic rings. The molecule has 9 heteroatoms. The molecule has 0 bridgehead atoms. The Morgan fingerprint density at radius 3 is 2.28 bits per heavy atom. The summed E-state index contributed by atoms with van der Waals surface area (Å²) in [5, 5.41) is 2.82. The van der Waals surface area contributed by atoms with Crippen molar-refractivity contribution in [1.82, 2.24) is 10.2 Å². The van der Waals surface area contributed by atoms with Crippen molar-refractivity contribution in [1.29, 1.82) is 0 Å². The van der Waals surface area contributed by atoms with Gasteiger partial charge in [-0.05, 0) is 63.1 Å². The number of hydrogen-bond donors (Lipinski definition) is 1. The maximum absolute atomic E-state index is 13.4. The van der Waals surface area contributed by atoms with Crippen LogP contribution in [-0.2, 0) is 26.2 Å². The highest BCUT2D eigenvalue weighted by Crippen LogP contribution is 2.21. The molecule has 0 saturated heterocycles. The number of amides is 2. The number of carbonyl (C=O) groups excluding carboxylic acids is 2. The number of rotatable bonds is 9. The van der Waals surface area contributed by atoms with Gasteiger partial charge < -0.3 is 10.2 Å². The van der Waals surface area contributed by atoms with Gasteiger partial charge in [0.05, 0.1) is 11.9 Å². The molecule has 0 saturated carbocycles. The third kappa shape index (κ3) is 7.34. The van der Waals surface area contributed by atoms with Crippen LogP contribution < -0.4 is 9.62 Å². The summed E-state index contributed by atoms with van der Waals surface area (Å²) in [6.45, 7) is 6.93. The Labute approximate surface area is 199 Å². The summed E-state index contributed by atoms with van der Waals surface area (Å²) < 4.78 is 27.0. The Morgan fingerprint density at radius 1 is 1.06 bits per heavy atom. The number of nitrogens with one attached hydrogen (secondary N) is 1. The van der Waals surface area contributed by atoms with Crippen LogP contribution in [0.15, 0.2) is 53.0 Å². The lowest BCUT2D eigenvalue weighted by atomic mass is 10.1. The normalized spacial score (nSPS) is 12.3. The van der Waals surface area contributed by atoms with Crippen molar-refractivity contribution in [2.45, 2.75) is 46.3 Å². The Balaban J connectivity index is 2.39. The van der Waals surface area contributed by atoms with E-state index in [0.717, 1.165) is 26.2 Å². The van der Waals surface area contributed by atoms with E-state index < -0.39 is 28.5 Å². The van der Waals surface area contributed by atoms with Gasteiger partial charge in [0, 0.05) is 17.1 Å². The average molecular weight is 524 g/mol. The number of hydrogen-bond acceptors (Lipinski definition) is 4. The summed E-state index contributed by atoms with van der Waals surface area (Å²) in [5.74, 6) is -0.770. The van der Waals surface area contributed by atoms with E-state index in [1.54, 1.807) is 25.1 Å². The number of anilines is 1. The summed E-state index contributed by atoms with van der Waals surface area (Å²) >= 11 is 3.42. The summed E-state index contributed by atoms with van der Waals surface area (Å²) in [6, 6.07) is 13.5. The predicted molar refractivity (Wildman–Crippen MR) is 131 cm³/mol. The lowest BCUT2D eigenvalue weighted by Gasteiger charge is -2.32. The fraction of sp³-hybridized carbons (Fsp3) is 0.391. The number of halogens is 1. The van der Waals surface area contributed by atoms with Gasteiger partial charge in [-0.25, -0.2) is 8.42 Å². The molecular formula is C23H30BrN3O4S. The summed E-state index contributed by atoms with van der Waals surface area (Å²) in [4.78, 5) is 27.5. The molecule has 7 nitrogen and oxygen atoms in total. The fourth-order valence-electron chi connectivity index (χ4n) is 3.22. The van der Waals surface area contributed by atoms with Crippen molar-refractivity contribution >= 4 is 43.5 Å². The summed E-state index contributed by atoms with van der Waals surface area (Å²) in [5.41, 5.74) is 2.10. The molecular weight excluding hydrogens is 494 g/mol. The lowest BCUT2D eigenvalue weighted by molar-refractivity contribution is -0.139. The minimum atomic E-state index is -3.73. The molecule has 0 radical (unpaired) electrons. The topological polar surface area (TPSA) is 86.8 Å². The van der Waals surface area contributed by atoms with Gasteiger partial charge in [0.25, 0.3) is 0 Å². The molecule has 1 N–H and O–H groups in total. The van der Waals surface area contributed by atoms with Crippen molar-refractivity contribution in [3.63, 3.8) is 0 Å². The van der Waals surface area contributed by atoms with Crippen LogP contribution in [0.4, 0.5) is 5.69 Å². The van der Waals surface area contributed by atoms with E-state index >= 15 is 0 Å². The third-order valence-electron chi connectivity index (χ3n) is 4.81. The van der Waals surface area contributed by atoms with Crippen LogP contribution in [0.25, 0.3) is 0 Å². The number of aryl methyl sites for hydroxylation is 1. The zero-order chi connectivity index (χ0) is 24.1. The highest BCUT2D eigenvalue weighted by molar-refractivity contribution is 9.10. The van der Waals surface area contributed by atoms with Crippen molar-refractivity contribution in [3.8, 4) is 0 Å². The van der Waals surface area contributed by atoms with Crippen LogP contribution in [-0.4, -0.2) is 50.0 Å². The molecule has 0 aliphatic carbocycles. The van der Waals surface area contributed by atoms with Crippen LogP contribution in [0.5, 0.6) is 0 Å². The number of sulfonamides is 1. The van der Waals surface area contributed by atoms with Gasteiger partial charge >= 0.3 is 0 Å². The Kier molecular flexibility index (Phi) is 8.86. The van der Waals surface area contributed by atoms with Crippen molar-refractivity contribution in [2.24, 2.45) is 0 Å². The standard InChI is InChI=1S/C23H30BrN3O4S/c1-16(2)25-23(29)18(4)26(14-19-9-7-10-20(24)13-19)22(28)15-27(32(5,30)31)21-11-6-8-17(3)12-21/h6-13,16,18H,14-15H2,1-5H3,(H,25,29)/t18-/m1/s1. The average Bonchev–Trinajstić information content (AvgIpc) is 2.68. The SMILES string of the molecule is Cc1cccc(N(CC(=O)N(Cc2cccc(Br)c2)[C@H](C)C(=O)NC(C)C)S(C)(=O)=O)c1. The molecule has 0 heterocycles. The largest absolute Gasteiger partial charge is 0.352 e. The van der Waals surface area contributed by atoms with Crippen LogP contribution in [0, 0.1) is 6.92 Å². The number of carbonyl (C=O) groups is 2. The molecule has 0 aliphatic heterocycles.